The molecular weight excluding hydrogens is 351 g/mol. The number of amides is 1. The molecule has 6 nitrogen and oxygen atoms in total. The lowest BCUT2D eigenvalue weighted by Crippen LogP contribution is -2.19. The van der Waals surface area contributed by atoms with E-state index in [2.05, 4.69) is 20.8 Å². The number of carbonyl (C=O) groups excluding carboxylic acids is 1. The largest absolute Gasteiger partial charge is 0.376 e. The van der Waals surface area contributed by atoms with Crippen molar-refractivity contribution < 1.29 is 9.53 Å². The predicted octanol–water partition coefficient (Wildman–Crippen LogP) is 3.63. The first-order chi connectivity index (χ1) is 11.6. The van der Waals surface area contributed by atoms with Gasteiger partial charge in [-0.1, -0.05) is 23.2 Å². The van der Waals surface area contributed by atoms with Crippen molar-refractivity contribution in [2.45, 2.75) is 18.9 Å². The Kier molecular flexibility index (Phi) is 5.50. The van der Waals surface area contributed by atoms with Gasteiger partial charge in [-0.25, -0.2) is 0 Å². The summed E-state index contributed by atoms with van der Waals surface area (Å²) in [7, 11) is 0. The number of nitrogens with one attached hydrogen (secondary N) is 2. The van der Waals surface area contributed by atoms with Crippen LogP contribution in [0.1, 0.15) is 23.2 Å². The van der Waals surface area contributed by atoms with Crippen molar-refractivity contribution in [1.29, 1.82) is 0 Å². The summed E-state index contributed by atoms with van der Waals surface area (Å²) in [4.78, 5) is 12.1. The van der Waals surface area contributed by atoms with E-state index in [1.165, 1.54) is 6.07 Å². The van der Waals surface area contributed by atoms with Crippen molar-refractivity contribution in [2.24, 2.45) is 0 Å². The van der Waals surface area contributed by atoms with Gasteiger partial charge < -0.3 is 15.4 Å². The van der Waals surface area contributed by atoms with Gasteiger partial charge in [0.25, 0.3) is 5.91 Å². The zero-order chi connectivity index (χ0) is 16.9. The molecule has 126 valence electrons. The van der Waals surface area contributed by atoms with Gasteiger partial charge in [0, 0.05) is 18.7 Å². The van der Waals surface area contributed by atoms with E-state index in [-0.39, 0.29) is 12.0 Å². The molecule has 2 N–H and O–H groups in total. The molecule has 0 radical (unpaired) electrons. The molecule has 1 fully saturated rings. The number of hydrogen-bond donors (Lipinski definition) is 2. The van der Waals surface area contributed by atoms with E-state index in [1.54, 1.807) is 24.3 Å². The fourth-order valence-electron chi connectivity index (χ4n) is 2.34. The van der Waals surface area contributed by atoms with Crippen LogP contribution in [0.3, 0.4) is 0 Å². The van der Waals surface area contributed by atoms with Crippen LogP contribution in [0.15, 0.2) is 30.3 Å². The molecule has 0 spiro atoms. The molecule has 1 aromatic heterocycles. The molecule has 1 aliphatic rings. The first kappa shape index (κ1) is 17.0. The molecule has 1 saturated heterocycles. The number of aromatic nitrogens is 2. The van der Waals surface area contributed by atoms with Crippen LogP contribution in [-0.4, -0.2) is 35.4 Å². The summed E-state index contributed by atoms with van der Waals surface area (Å²) in [6.45, 7) is 1.52. The number of rotatable bonds is 5. The maximum absolute atomic E-state index is 12.1. The van der Waals surface area contributed by atoms with E-state index < -0.39 is 0 Å². The van der Waals surface area contributed by atoms with Crippen molar-refractivity contribution in [3.8, 4) is 0 Å². The molecule has 8 heteroatoms. The Labute approximate surface area is 149 Å². The molecule has 1 unspecified atom stereocenters. The summed E-state index contributed by atoms with van der Waals surface area (Å²) in [6, 6.07) is 8.11. The van der Waals surface area contributed by atoms with Crippen LogP contribution in [0.5, 0.6) is 0 Å². The highest BCUT2D eigenvalue weighted by Crippen LogP contribution is 2.23. The molecule has 1 amide bonds. The van der Waals surface area contributed by atoms with Gasteiger partial charge in [0.15, 0.2) is 5.82 Å². The van der Waals surface area contributed by atoms with Crippen LogP contribution < -0.4 is 10.6 Å². The van der Waals surface area contributed by atoms with Crippen molar-refractivity contribution in [2.75, 3.05) is 23.8 Å². The second-order valence-corrected chi connectivity index (χ2v) is 6.22. The van der Waals surface area contributed by atoms with Gasteiger partial charge in [0.2, 0.25) is 0 Å². The standard InChI is InChI=1S/C16H16Cl2N4O2/c17-12-4-3-10(8-13(12)18)16(23)20-15-6-5-14(21-22-15)19-9-11-2-1-7-24-11/h3-6,8,11H,1-2,7,9H2,(H,19,21)(H,20,22,23). The predicted molar refractivity (Wildman–Crippen MR) is 93.9 cm³/mol. The normalized spacial score (nSPS) is 16.8. The third-order valence-electron chi connectivity index (χ3n) is 3.62. The zero-order valence-corrected chi connectivity index (χ0v) is 14.3. The molecule has 1 aromatic carbocycles. The monoisotopic (exact) mass is 366 g/mol. The Morgan fingerprint density at radius 1 is 1.17 bits per heavy atom. The number of halogens is 2. The van der Waals surface area contributed by atoms with Gasteiger partial charge in [-0.2, -0.15) is 0 Å². The number of carbonyl (C=O) groups is 1. The van der Waals surface area contributed by atoms with Crippen LogP contribution in [0.4, 0.5) is 11.6 Å². The van der Waals surface area contributed by atoms with E-state index in [0.717, 1.165) is 19.4 Å². The molecule has 0 saturated carbocycles. The van der Waals surface area contributed by atoms with E-state index in [4.69, 9.17) is 27.9 Å². The van der Waals surface area contributed by atoms with Crippen molar-refractivity contribution >= 4 is 40.7 Å². The summed E-state index contributed by atoms with van der Waals surface area (Å²) in [6.07, 6.45) is 2.37. The Hall–Kier alpha value is -1.89. The minimum atomic E-state index is -0.331. The van der Waals surface area contributed by atoms with E-state index in [9.17, 15) is 4.79 Å². The van der Waals surface area contributed by atoms with Crippen LogP contribution >= 0.6 is 23.2 Å². The number of hydrogen-bond acceptors (Lipinski definition) is 5. The molecular formula is C16H16Cl2N4O2. The number of ether oxygens (including phenoxy) is 1. The molecule has 1 aliphatic heterocycles. The Morgan fingerprint density at radius 2 is 1.96 bits per heavy atom. The SMILES string of the molecule is O=C(Nc1ccc(NCC2CCCO2)nn1)c1ccc(Cl)c(Cl)c1. The number of nitrogens with zero attached hydrogens (tertiary/aromatic N) is 2. The number of benzene rings is 1. The third kappa shape index (κ3) is 4.35. The third-order valence-corrected chi connectivity index (χ3v) is 4.36. The Balaban J connectivity index is 1.56. The van der Waals surface area contributed by atoms with Crippen molar-refractivity contribution in [3.05, 3.63) is 45.9 Å². The highest BCUT2D eigenvalue weighted by atomic mass is 35.5. The topological polar surface area (TPSA) is 76.1 Å². The molecule has 1 atom stereocenters. The molecule has 24 heavy (non-hydrogen) atoms. The first-order valence-electron chi connectivity index (χ1n) is 7.57. The second kappa shape index (κ2) is 7.79. The maximum Gasteiger partial charge on any atom is 0.256 e. The van der Waals surface area contributed by atoms with E-state index in [0.29, 0.717) is 33.8 Å². The summed E-state index contributed by atoms with van der Waals surface area (Å²) in [5, 5.41) is 14.6. The molecule has 0 aliphatic carbocycles. The second-order valence-electron chi connectivity index (χ2n) is 5.40. The van der Waals surface area contributed by atoms with E-state index in [1.807, 2.05) is 0 Å². The van der Waals surface area contributed by atoms with Gasteiger partial charge in [0.05, 0.1) is 16.1 Å². The lowest BCUT2D eigenvalue weighted by atomic mass is 10.2. The minimum Gasteiger partial charge on any atom is -0.376 e. The fourth-order valence-corrected chi connectivity index (χ4v) is 2.64. The number of anilines is 2. The van der Waals surface area contributed by atoms with Crippen molar-refractivity contribution in [1.82, 2.24) is 10.2 Å². The highest BCUT2D eigenvalue weighted by Gasteiger charge is 2.15. The summed E-state index contributed by atoms with van der Waals surface area (Å²) in [5.74, 6) is 0.662. The zero-order valence-electron chi connectivity index (χ0n) is 12.8. The Bertz CT molecular complexity index is 719. The average molecular weight is 367 g/mol. The summed E-state index contributed by atoms with van der Waals surface area (Å²) >= 11 is 11.7. The van der Waals surface area contributed by atoms with Crippen LogP contribution in [0, 0.1) is 0 Å². The lowest BCUT2D eigenvalue weighted by Gasteiger charge is -2.11. The van der Waals surface area contributed by atoms with E-state index >= 15 is 0 Å². The van der Waals surface area contributed by atoms with Gasteiger partial charge in [-0.15, -0.1) is 10.2 Å². The smallest absolute Gasteiger partial charge is 0.256 e. The maximum atomic E-state index is 12.1. The minimum absolute atomic E-state index is 0.223. The van der Waals surface area contributed by atoms with Crippen LogP contribution in [-0.2, 0) is 4.74 Å². The van der Waals surface area contributed by atoms with Crippen LogP contribution in [0.25, 0.3) is 0 Å². The van der Waals surface area contributed by atoms with Gasteiger partial charge in [-0.05, 0) is 43.2 Å². The quantitative estimate of drug-likeness (QED) is 0.844. The lowest BCUT2D eigenvalue weighted by molar-refractivity contribution is 0.102. The van der Waals surface area contributed by atoms with Gasteiger partial charge in [-0.3, -0.25) is 4.79 Å². The molecule has 2 heterocycles. The van der Waals surface area contributed by atoms with Gasteiger partial charge in [0.1, 0.15) is 5.82 Å². The van der Waals surface area contributed by atoms with Crippen molar-refractivity contribution in [3.63, 3.8) is 0 Å². The molecule has 2 aromatic rings. The summed E-state index contributed by atoms with van der Waals surface area (Å²) in [5.41, 5.74) is 0.395. The average Bonchev–Trinajstić information content (AvgIpc) is 3.10. The molecule has 0 bridgehead atoms. The Morgan fingerprint density at radius 3 is 2.62 bits per heavy atom. The highest BCUT2D eigenvalue weighted by molar-refractivity contribution is 6.42. The van der Waals surface area contributed by atoms with Crippen LogP contribution in [0.2, 0.25) is 10.0 Å². The first-order valence-corrected chi connectivity index (χ1v) is 8.33. The fraction of sp³-hybridized carbons (Fsp3) is 0.312. The van der Waals surface area contributed by atoms with Gasteiger partial charge >= 0.3 is 0 Å². The molecule has 3 rings (SSSR count). The summed E-state index contributed by atoms with van der Waals surface area (Å²) < 4.78 is 5.53.